The summed E-state index contributed by atoms with van der Waals surface area (Å²) < 4.78 is 0. The van der Waals surface area contributed by atoms with Gasteiger partial charge >= 0.3 is 0 Å². The zero-order chi connectivity index (χ0) is 17.3. The zero-order valence-electron chi connectivity index (χ0n) is 14.3. The lowest BCUT2D eigenvalue weighted by Gasteiger charge is -2.18. The predicted molar refractivity (Wildman–Crippen MR) is 96.2 cm³/mol. The number of anilines is 2. The minimum absolute atomic E-state index is 0.00376. The van der Waals surface area contributed by atoms with Crippen LogP contribution in [0.15, 0.2) is 42.5 Å². The molecular weight excluding hydrogens is 300 g/mol. The average molecular weight is 322 g/mol. The van der Waals surface area contributed by atoms with Crippen LogP contribution in [0.25, 0.3) is 0 Å². The third-order valence-corrected chi connectivity index (χ3v) is 4.33. The van der Waals surface area contributed by atoms with Crippen molar-refractivity contribution in [3.8, 4) is 0 Å². The Morgan fingerprint density at radius 3 is 2.25 bits per heavy atom. The molecule has 0 bridgehead atoms. The zero-order valence-corrected chi connectivity index (χ0v) is 14.3. The average Bonchev–Trinajstić information content (AvgIpc) is 2.91. The lowest BCUT2D eigenvalue weighted by atomic mass is 10.1. The van der Waals surface area contributed by atoms with Gasteiger partial charge < -0.3 is 10.2 Å². The molecule has 0 aromatic heterocycles. The molecule has 1 N–H and O–H groups in total. The molecule has 2 aromatic rings. The topological polar surface area (TPSA) is 49.4 Å². The highest BCUT2D eigenvalue weighted by atomic mass is 16.2. The first-order valence-corrected chi connectivity index (χ1v) is 8.18. The summed E-state index contributed by atoms with van der Waals surface area (Å²) >= 11 is 0. The molecule has 0 radical (unpaired) electrons. The van der Waals surface area contributed by atoms with Crippen LogP contribution in [0.5, 0.6) is 0 Å². The Kier molecular flexibility index (Phi) is 4.38. The van der Waals surface area contributed by atoms with Gasteiger partial charge in [-0.15, -0.1) is 0 Å². The fourth-order valence-electron chi connectivity index (χ4n) is 3.12. The van der Waals surface area contributed by atoms with Gasteiger partial charge in [-0.2, -0.15) is 0 Å². The standard InChI is InChI=1S/C20H22N2O2/c1-13-4-6-17(7-5-13)21-20(24)16-11-19(23)22(12-16)18-9-14(2)8-15(3)10-18/h4-10,16H,11-12H2,1-3H3,(H,21,24)/t16-/m0/s1. The second kappa shape index (κ2) is 6.48. The van der Waals surface area contributed by atoms with Gasteiger partial charge in [0.15, 0.2) is 0 Å². The molecule has 4 nitrogen and oxygen atoms in total. The Labute approximate surface area is 142 Å². The third kappa shape index (κ3) is 3.48. The van der Waals surface area contributed by atoms with Crippen LogP contribution in [-0.2, 0) is 9.59 Å². The molecule has 24 heavy (non-hydrogen) atoms. The van der Waals surface area contributed by atoms with E-state index in [9.17, 15) is 9.59 Å². The molecule has 4 heteroatoms. The highest BCUT2D eigenvalue weighted by Crippen LogP contribution is 2.27. The Morgan fingerprint density at radius 2 is 1.62 bits per heavy atom. The van der Waals surface area contributed by atoms with Crippen LogP contribution in [0.1, 0.15) is 23.1 Å². The number of carbonyl (C=O) groups is 2. The van der Waals surface area contributed by atoms with Crippen molar-refractivity contribution in [3.05, 3.63) is 59.2 Å². The van der Waals surface area contributed by atoms with Gasteiger partial charge in [-0.25, -0.2) is 0 Å². The van der Waals surface area contributed by atoms with E-state index in [1.807, 2.05) is 57.2 Å². The van der Waals surface area contributed by atoms with E-state index in [0.717, 1.165) is 28.1 Å². The lowest BCUT2D eigenvalue weighted by molar-refractivity contribution is -0.122. The molecule has 1 atom stereocenters. The Balaban J connectivity index is 1.71. The van der Waals surface area contributed by atoms with Gasteiger partial charge in [-0.05, 0) is 56.2 Å². The summed E-state index contributed by atoms with van der Waals surface area (Å²) in [6.07, 6.45) is 0.255. The fraction of sp³-hybridized carbons (Fsp3) is 0.300. The highest BCUT2D eigenvalue weighted by molar-refractivity contribution is 6.03. The molecule has 0 unspecified atom stereocenters. The molecular formula is C20H22N2O2. The van der Waals surface area contributed by atoms with E-state index in [-0.39, 0.29) is 24.2 Å². The van der Waals surface area contributed by atoms with Crippen molar-refractivity contribution >= 4 is 23.2 Å². The molecule has 1 aliphatic rings. The SMILES string of the molecule is Cc1ccc(NC(=O)[C@H]2CC(=O)N(c3cc(C)cc(C)c3)C2)cc1. The number of rotatable bonds is 3. The van der Waals surface area contributed by atoms with Gasteiger partial charge in [-0.1, -0.05) is 23.8 Å². The van der Waals surface area contributed by atoms with Crippen LogP contribution < -0.4 is 10.2 Å². The van der Waals surface area contributed by atoms with E-state index in [4.69, 9.17) is 0 Å². The minimum Gasteiger partial charge on any atom is -0.326 e. The van der Waals surface area contributed by atoms with Gasteiger partial charge in [0.25, 0.3) is 0 Å². The fourth-order valence-corrected chi connectivity index (χ4v) is 3.12. The smallest absolute Gasteiger partial charge is 0.229 e. The number of hydrogen-bond acceptors (Lipinski definition) is 2. The summed E-state index contributed by atoms with van der Waals surface area (Å²) in [5.74, 6) is -0.414. The van der Waals surface area contributed by atoms with Crippen molar-refractivity contribution in [1.82, 2.24) is 0 Å². The van der Waals surface area contributed by atoms with Crippen LogP contribution >= 0.6 is 0 Å². The van der Waals surface area contributed by atoms with Crippen molar-refractivity contribution in [3.63, 3.8) is 0 Å². The van der Waals surface area contributed by atoms with E-state index in [1.165, 1.54) is 0 Å². The van der Waals surface area contributed by atoms with Crippen LogP contribution in [0.4, 0.5) is 11.4 Å². The lowest BCUT2D eigenvalue weighted by Crippen LogP contribution is -2.28. The number of amides is 2. The van der Waals surface area contributed by atoms with Gasteiger partial charge in [0.1, 0.15) is 0 Å². The van der Waals surface area contributed by atoms with Gasteiger partial charge in [0.05, 0.1) is 5.92 Å². The maximum atomic E-state index is 12.5. The van der Waals surface area contributed by atoms with Gasteiger partial charge in [0.2, 0.25) is 11.8 Å². The van der Waals surface area contributed by atoms with Crippen LogP contribution in [-0.4, -0.2) is 18.4 Å². The Morgan fingerprint density at radius 1 is 1.00 bits per heavy atom. The second-order valence-corrected chi connectivity index (χ2v) is 6.61. The summed E-state index contributed by atoms with van der Waals surface area (Å²) in [4.78, 5) is 26.5. The summed E-state index contributed by atoms with van der Waals surface area (Å²) in [7, 11) is 0. The first-order chi connectivity index (χ1) is 11.4. The first-order valence-electron chi connectivity index (χ1n) is 8.18. The van der Waals surface area contributed by atoms with Crippen LogP contribution in [0, 0.1) is 26.7 Å². The Hall–Kier alpha value is -2.62. The van der Waals surface area contributed by atoms with Gasteiger partial charge in [-0.3, -0.25) is 9.59 Å². The highest BCUT2D eigenvalue weighted by Gasteiger charge is 2.35. The number of hydrogen-bond donors (Lipinski definition) is 1. The van der Waals surface area contributed by atoms with E-state index >= 15 is 0 Å². The molecule has 124 valence electrons. The van der Waals surface area contributed by atoms with E-state index < -0.39 is 0 Å². The predicted octanol–water partition coefficient (Wildman–Crippen LogP) is 3.60. The number of carbonyl (C=O) groups excluding carboxylic acids is 2. The number of benzene rings is 2. The molecule has 0 saturated carbocycles. The molecule has 0 aliphatic carbocycles. The summed E-state index contributed by atoms with van der Waals surface area (Å²) in [5.41, 5.74) is 5.02. The molecule has 1 saturated heterocycles. The van der Waals surface area contributed by atoms with Gasteiger partial charge in [0, 0.05) is 24.3 Å². The summed E-state index contributed by atoms with van der Waals surface area (Å²) in [6.45, 7) is 6.46. The quantitative estimate of drug-likeness (QED) is 0.938. The van der Waals surface area contributed by atoms with Crippen molar-refractivity contribution in [1.29, 1.82) is 0 Å². The Bertz CT molecular complexity index is 760. The van der Waals surface area contributed by atoms with E-state index in [2.05, 4.69) is 11.4 Å². The van der Waals surface area contributed by atoms with Crippen molar-refractivity contribution in [2.45, 2.75) is 27.2 Å². The largest absolute Gasteiger partial charge is 0.326 e. The minimum atomic E-state index is -0.320. The number of aryl methyl sites for hydroxylation is 3. The summed E-state index contributed by atoms with van der Waals surface area (Å²) in [5, 5.41) is 2.91. The monoisotopic (exact) mass is 322 g/mol. The van der Waals surface area contributed by atoms with Crippen LogP contribution in [0.3, 0.4) is 0 Å². The van der Waals surface area contributed by atoms with Crippen molar-refractivity contribution < 1.29 is 9.59 Å². The number of nitrogens with one attached hydrogen (secondary N) is 1. The van der Waals surface area contributed by atoms with Crippen molar-refractivity contribution in [2.75, 3.05) is 16.8 Å². The maximum Gasteiger partial charge on any atom is 0.229 e. The van der Waals surface area contributed by atoms with Crippen LogP contribution in [0.2, 0.25) is 0 Å². The number of nitrogens with zero attached hydrogens (tertiary/aromatic N) is 1. The van der Waals surface area contributed by atoms with E-state index in [1.54, 1.807) is 4.90 Å². The molecule has 0 spiro atoms. The molecule has 3 rings (SSSR count). The van der Waals surface area contributed by atoms with E-state index in [0.29, 0.717) is 6.54 Å². The van der Waals surface area contributed by atoms with Crippen molar-refractivity contribution in [2.24, 2.45) is 5.92 Å². The first kappa shape index (κ1) is 16.2. The molecule has 1 aliphatic heterocycles. The third-order valence-electron chi connectivity index (χ3n) is 4.33. The summed E-state index contributed by atoms with van der Waals surface area (Å²) in [6, 6.07) is 13.7. The molecule has 2 aromatic carbocycles. The normalized spacial score (nSPS) is 17.2. The molecule has 2 amide bonds. The maximum absolute atomic E-state index is 12.5. The second-order valence-electron chi connectivity index (χ2n) is 6.61. The molecule has 1 fully saturated rings. The molecule has 1 heterocycles.